The summed E-state index contributed by atoms with van der Waals surface area (Å²) in [6.45, 7) is 9.26. The summed E-state index contributed by atoms with van der Waals surface area (Å²) in [5, 5.41) is 27.1. The zero-order valence-corrected chi connectivity index (χ0v) is 22.5. The van der Waals surface area contributed by atoms with Gasteiger partial charge in [0.25, 0.3) is 0 Å². The smallest absolute Gasteiger partial charge is 0.313 e. The fraction of sp³-hybridized carbons (Fsp3) is 0.323. The van der Waals surface area contributed by atoms with Gasteiger partial charge in [-0.3, -0.25) is 4.79 Å². The molecule has 2 aliphatic rings. The van der Waals surface area contributed by atoms with Crippen LogP contribution in [-0.4, -0.2) is 60.7 Å². The highest BCUT2D eigenvalue weighted by molar-refractivity contribution is 6.17. The molecule has 2 aromatic carbocycles. The molecule has 0 spiro atoms. The number of aryl methyl sites for hydroxylation is 1. The molecule has 0 bridgehead atoms. The van der Waals surface area contributed by atoms with Crippen molar-refractivity contribution in [1.82, 2.24) is 4.90 Å². The zero-order chi connectivity index (χ0) is 27.4. The predicted octanol–water partition coefficient (Wildman–Crippen LogP) is 5.20. The van der Waals surface area contributed by atoms with Gasteiger partial charge in [-0.15, -0.1) is 0 Å². The number of carbonyl (C=O) groups is 1. The van der Waals surface area contributed by atoms with Crippen molar-refractivity contribution in [2.75, 3.05) is 38.2 Å². The van der Waals surface area contributed by atoms with Crippen LogP contribution in [0.4, 0.5) is 5.69 Å². The largest absolute Gasteiger partial charge is 0.507 e. The van der Waals surface area contributed by atoms with E-state index < -0.39 is 0 Å². The number of phenolic OH excluding ortho intramolecular Hbond substituents is 1. The monoisotopic (exact) mass is 512 g/mol. The van der Waals surface area contributed by atoms with Gasteiger partial charge in [0.05, 0.1) is 24.5 Å². The summed E-state index contributed by atoms with van der Waals surface area (Å²) in [4.78, 5) is 17.0. The van der Waals surface area contributed by atoms with E-state index in [0.717, 1.165) is 48.7 Å². The van der Waals surface area contributed by atoms with E-state index in [-0.39, 0.29) is 29.3 Å². The molecular formula is C31H36N4O3. The lowest BCUT2D eigenvalue weighted by atomic mass is 9.88. The number of nitrogens with zero attached hydrogens (tertiary/aromatic N) is 2. The van der Waals surface area contributed by atoms with E-state index >= 15 is 0 Å². The first-order chi connectivity index (χ1) is 18.2. The fourth-order valence-electron chi connectivity index (χ4n) is 5.02. The van der Waals surface area contributed by atoms with E-state index in [4.69, 9.17) is 15.6 Å². The van der Waals surface area contributed by atoms with Crippen LogP contribution in [-0.2, 0) is 9.53 Å². The SMILES string of the molecule is COC(=O)C(c1cccc(N2CCN(C3=CC(=N)/C(=C\C(=N)c4cc(C)ccc4O)C=C3)CC2)c1)C(C)C. The van der Waals surface area contributed by atoms with Crippen molar-refractivity contribution in [2.24, 2.45) is 5.92 Å². The van der Waals surface area contributed by atoms with Gasteiger partial charge in [-0.1, -0.05) is 43.7 Å². The number of allylic oxidation sites excluding steroid dienone is 5. The number of hydrogen-bond acceptors (Lipinski definition) is 7. The average Bonchev–Trinajstić information content (AvgIpc) is 2.91. The van der Waals surface area contributed by atoms with Gasteiger partial charge in [-0.2, -0.15) is 0 Å². The molecule has 1 aliphatic heterocycles. The number of ether oxygens (including phenoxy) is 1. The summed E-state index contributed by atoms with van der Waals surface area (Å²) in [7, 11) is 1.44. The number of piperazine rings is 1. The maximum Gasteiger partial charge on any atom is 0.313 e. The summed E-state index contributed by atoms with van der Waals surface area (Å²) in [6, 6.07) is 13.4. The maximum absolute atomic E-state index is 12.4. The number of esters is 1. The van der Waals surface area contributed by atoms with E-state index in [9.17, 15) is 9.90 Å². The van der Waals surface area contributed by atoms with Crippen molar-refractivity contribution >= 4 is 23.1 Å². The van der Waals surface area contributed by atoms with E-state index in [1.54, 1.807) is 24.3 Å². The van der Waals surface area contributed by atoms with Crippen LogP contribution in [0.15, 0.2) is 78.0 Å². The quantitative estimate of drug-likeness (QED) is 0.350. The van der Waals surface area contributed by atoms with Crippen molar-refractivity contribution in [2.45, 2.75) is 26.7 Å². The predicted molar refractivity (Wildman–Crippen MR) is 153 cm³/mol. The Morgan fingerprint density at radius 1 is 1.05 bits per heavy atom. The van der Waals surface area contributed by atoms with E-state index in [0.29, 0.717) is 16.8 Å². The first-order valence-corrected chi connectivity index (χ1v) is 12.9. The summed E-state index contributed by atoms with van der Waals surface area (Å²) < 4.78 is 5.05. The highest BCUT2D eigenvalue weighted by Crippen LogP contribution is 2.30. The van der Waals surface area contributed by atoms with Crippen LogP contribution >= 0.6 is 0 Å². The number of anilines is 1. The fourth-order valence-corrected chi connectivity index (χ4v) is 5.02. The highest BCUT2D eigenvalue weighted by atomic mass is 16.5. The standard InChI is InChI=1S/C31H36N4O3/c1-20(2)30(31(37)38-4)23-6-5-7-24(17-23)34-12-14-35(15-13-34)25-10-9-22(27(32)19-25)18-28(33)26-16-21(3)8-11-29(26)36/h5-11,16-20,30,32-33,36H,12-15H2,1-4H3/b22-18-,32-27?,33-28?. The topological polar surface area (TPSA) is 101 Å². The second kappa shape index (κ2) is 11.5. The zero-order valence-electron chi connectivity index (χ0n) is 22.5. The first kappa shape index (κ1) is 26.9. The van der Waals surface area contributed by atoms with Crippen molar-refractivity contribution in [3.63, 3.8) is 0 Å². The average molecular weight is 513 g/mol. The molecule has 0 amide bonds. The van der Waals surface area contributed by atoms with Crippen LogP contribution in [0.25, 0.3) is 0 Å². The molecule has 198 valence electrons. The third kappa shape index (κ3) is 5.88. The number of methoxy groups -OCH3 is 1. The van der Waals surface area contributed by atoms with E-state index in [1.807, 2.05) is 51.1 Å². The molecule has 2 aromatic rings. The van der Waals surface area contributed by atoms with Crippen LogP contribution in [0.2, 0.25) is 0 Å². The van der Waals surface area contributed by atoms with Gasteiger partial charge in [0.2, 0.25) is 0 Å². The van der Waals surface area contributed by atoms with Gasteiger partial charge in [-0.05, 0) is 60.9 Å². The Hall–Kier alpha value is -4.13. The Kier molecular flexibility index (Phi) is 8.15. The van der Waals surface area contributed by atoms with Crippen LogP contribution in [0.5, 0.6) is 5.75 Å². The molecule has 0 aromatic heterocycles. The van der Waals surface area contributed by atoms with Gasteiger partial charge in [0, 0.05) is 48.7 Å². The Labute approximate surface area is 224 Å². The van der Waals surface area contributed by atoms with Crippen molar-refractivity contribution in [1.29, 1.82) is 10.8 Å². The number of aromatic hydroxyl groups is 1. The maximum atomic E-state index is 12.4. The van der Waals surface area contributed by atoms with E-state index in [2.05, 4.69) is 21.9 Å². The van der Waals surface area contributed by atoms with Crippen LogP contribution in [0, 0.1) is 23.7 Å². The Morgan fingerprint density at radius 2 is 1.76 bits per heavy atom. The number of nitrogens with one attached hydrogen (secondary N) is 2. The summed E-state index contributed by atoms with van der Waals surface area (Å²) in [6.07, 6.45) is 7.33. The van der Waals surface area contributed by atoms with Crippen molar-refractivity contribution in [3.05, 3.63) is 94.7 Å². The highest BCUT2D eigenvalue weighted by Gasteiger charge is 2.26. The first-order valence-electron chi connectivity index (χ1n) is 12.9. The lowest BCUT2D eigenvalue weighted by Gasteiger charge is -2.38. The third-order valence-corrected chi connectivity index (χ3v) is 7.14. The molecular weight excluding hydrogens is 476 g/mol. The second-order valence-electron chi connectivity index (χ2n) is 10.2. The molecule has 1 atom stereocenters. The number of rotatable bonds is 7. The lowest BCUT2D eigenvalue weighted by Crippen LogP contribution is -2.46. The molecule has 7 nitrogen and oxygen atoms in total. The minimum atomic E-state index is -0.289. The molecule has 38 heavy (non-hydrogen) atoms. The van der Waals surface area contributed by atoms with Crippen LogP contribution < -0.4 is 4.90 Å². The Balaban J connectivity index is 1.41. The van der Waals surface area contributed by atoms with Crippen LogP contribution in [0.3, 0.4) is 0 Å². The van der Waals surface area contributed by atoms with Gasteiger partial charge in [-0.25, -0.2) is 0 Å². The normalized spacial score (nSPS) is 17.6. The summed E-state index contributed by atoms with van der Waals surface area (Å²) in [5.41, 5.74) is 5.64. The number of benzene rings is 2. The van der Waals surface area contributed by atoms with Gasteiger partial charge >= 0.3 is 5.97 Å². The second-order valence-corrected chi connectivity index (χ2v) is 10.2. The molecule has 1 fully saturated rings. The summed E-state index contributed by atoms with van der Waals surface area (Å²) >= 11 is 0. The summed E-state index contributed by atoms with van der Waals surface area (Å²) in [5.74, 6) is -0.295. The van der Waals surface area contributed by atoms with Crippen LogP contribution in [0.1, 0.15) is 36.5 Å². The third-order valence-electron chi connectivity index (χ3n) is 7.14. The lowest BCUT2D eigenvalue weighted by molar-refractivity contribution is -0.143. The molecule has 4 rings (SSSR count). The molecule has 1 unspecified atom stereocenters. The molecule has 1 saturated heterocycles. The van der Waals surface area contributed by atoms with Gasteiger partial charge in [0.1, 0.15) is 5.75 Å². The van der Waals surface area contributed by atoms with Gasteiger partial charge < -0.3 is 30.5 Å². The molecule has 0 radical (unpaired) electrons. The number of phenols is 1. The molecule has 0 saturated carbocycles. The van der Waals surface area contributed by atoms with Gasteiger partial charge in [0.15, 0.2) is 0 Å². The number of carbonyl (C=O) groups excluding carboxylic acids is 1. The Morgan fingerprint density at radius 3 is 2.42 bits per heavy atom. The van der Waals surface area contributed by atoms with Crippen molar-refractivity contribution < 1.29 is 14.6 Å². The minimum absolute atomic E-state index is 0.0634. The Bertz CT molecular complexity index is 1330. The molecule has 3 N–H and O–H groups in total. The minimum Gasteiger partial charge on any atom is -0.507 e. The molecule has 1 aliphatic carbocycles. The molecule has 1 heterocycles. The molecule has 7 heteroatoms. The van der Waals surface area contributed by atoms with Crippen molar-refractivity contribution in [3.8, 4) is 5.75 Å². The number of hydrogen-bond donors (Lipinski definition) is 3. The van der Waals surface area contributed by atoms with E-state index in [1.165, 1.54) is 7.11 Å².